The third-order valence-corrected chi connectivity index (χ3v) is 4.50. The van der Waals surface area contributed by atoms with E-state index in [9.17, 15) is 8.42 Å². The first-order valence-corrected chi connectivity index (χ1v) is 7.05. The molecule has 0 atom stereocenters. The van der Waals surface area contributed by atoms with Gasteiger partial charge in [0.2, 0.25) is 10.0 Å². The van der Waals surface area contributed by atoms with Crippen LogP contribution in [0.25, 0.3) is 0 Å². The first-order chi connectivity index (χ1) is 6.46. The van der Waals surface area contributed by atoms with Gasteiger partial charge in [-0.15, -0.1) is 11.6 Å². The minimum atomic E-state index is -3.12. The molecule has 0 fully saturated rings. The van der Waals surface area contributed by atoms with Gasteiger partial charge in [0, 0.05) is 19.0 Å². The molecule has 0 rings (SSSR count). The van der Waals surface area contributed by atoms with Gasteiger partial charge < -0.3 is 0 Å². The summed E-state index contributed by atoms with van der Waals surface area (Å²) in [5, 5.41) is -0.359. The van der Waals surface area contributed by atoms with Gasteiger partial charge in [-0.05, 0) is 20.3 Å². The zero-order valence-corrected chi connectivity index (χ0v) is 10.7. The van der Waals surface area contributed by atoms with Crippen LogP contribution in [0.1, 0.15) is 33.6 Å². The maximum atomic E-state index is 11.8. The highest BCUT2D eigenvalue weighted by molar-refractivity contribution is 7.89. The lowest BCUT2D eigenvalue weighted by Crippen LogP contribution is -2.38. The van der Waals surface area contributed by atoms with E-state index in [2.05, 4.69) is 0 Å². The van der Waals surface area contributed by atoms with E-state index in [1.54, 1.807) is 13.8 Å². The van der Waals surface area contributed by atoms with Crippen molar-refractivity contribution in [1.82, 2.24) is 4.31 Å². The van der Waals surface area contributed by atoms with Crippen LogP contribution in [0, 0.1) is 0 Å². The average molecular weight is 242 g/mol. The monoisotopic (exact) mass is 241 g/mol. The Morgan fingerprint density at radius 2 is 1.86 bits per heavy atom. The van der Waals surface area contributed by atoms with E-state index in [4.69, 9.17) is 11.6 Å². The first kappa shape index (κ1) is 14.2. The molecule has 0 bridgehead atoms. The fraction of sp³-hybridized carbons (Fsp3) is 1.00. The van der Waals surface area contributed by atoms with E-state index in [1.807, 2.05) is 6.92 Å². The Kier molecular flexibility index (Phi) is 6.74. The average Bonchev–Trinajstić information content (AvgIpc) is 2.11. The van der Waals surface area contributed by atoms with E-state index in [0.717, 1.165) is 12.8 Å². The summed E-state index contributed by atoms with van der Waals surface area (Å²) < 4.78 is 25.1. The van der Waals surface area contributed by atoms with Gasteiger partial charge in [0.25, 0.3) is 0 Å². The fourth-order valence-corrected chi connectivity index (χ4v) is 2.72. The highest BCUT2D eigenvalue weighted by atomic mass is 35.5. The number of rotatable bonds is 7. The third kappa shape index (κ3) is 4.15. The van der Waals surface area contributed by atoms with Crippen LogP contribution < -0.4 is 0 Å². The lowest BCUT2D eigenvalue weighted by Gasteiger charge is -2.23. The topological polar surface area (TPSA) is 37.4 Å². The largest absolute Gasteiger partial charge is 0.216 e. The van der Waals surface area contributed by atoms with Gasteiger partial charge in [-0.25, -0.2) is 12.7 Å². The third-order valence-electron chi connectivity index (χ3n) is 2.05. The number of hydrogen-bond acceptors (Lipinski definition) is 2. The predicted molar refractivity (Wildman–Crippen MR) is 61.3 cm³/mol. The van der Waals surface area contributed by atoms with Crippen molar-refractivity contribution in [3.63, 3.8) is 0 Å². The van der Waals surface area contributed by atoms with Gasteiger partial charge >= 0.3 is 0 Å². The van der Waals surface area contributed by atoms with Crippen molar-refractivity contribution in [3.05, 3.63) is 0 Å². The zero-order chi connectivity index (χ0) is 11.2. The van der Waals surface area contributed by atoms with E-state index in [1.165, 1.54) is 4.31 Å². The molecule has 0 aromatic rings. The van der Waals surface area contributed by atoms with E-state index in [-0.39, 0.29) is 5.25 Å². The fourth-order valence-electron chi connectivity index (χ4n) is 1.09. The molecule has 0 radical (unpaired) electrons. The number of alkyl halides is 1. The van der Waals surface area contributed by atoms with Gasteiger partial charge in [0.05, 0.1) is 5.25 Å². The van der Waals surface area contributed by atoms with Crippen molar-refractivity contribution >= 4 is 21.6 Å². The van der Waals surface area contributed by atoms with Crippen molar-refractivity contribution in [1.29, 1.82) is 0 Å². The molecule has 0 N–H and O–H groups in total. The smallest absolute Gasteiger partial charge is 0.212 e. The quantitative estimate of drug-likeness (QED) is 0.640. The van der Waals surface area contributed by atoms with E-state index in [0.29, 0.717) is 19.0 Å². The van der Waals surface area contributed by atoms with Crippen LogP contribution in [0.5, 0.6) is 0 Å². The van der Waals surface area contributed by atoms with Crippen LogP contribution in [0.4, 0.5) is 0 Å². The number of sulfonamides is 1. The Hall–Kier alpha value is 0.200. The highest BCUT2D eigenvalue weighted by Gasteiger charge is 2.24. The Labute approximate surface area is 92.5 Å². The lowest BCUT2D eigenvalue weighted by atomic mass is 10.3. The summed E-state index contributed by atoms with van der Waals surface area (Å²) in [6.45, 7) is 6.44. The van der Waals surface area contributed by atoms with Crippen molar-refractivity contribution in [2.75, 3.05) is 19.0 Å². The summed E-state index contributed by atoms with van der Waals surface area (Å²) in [6, 6.07) is 0. The SMILES string of the molecule is CCCCN(CCCl)S(=O)(=O)C(C)C. The molecule has 0 aliphatic heterocycles. The first-order valence-electron chi connectivity index (χ1n) is 5.01. The van der Waals surface area contributed by atoms with E-state index >= 15 is 0 Å². The molecule has 14 heavy (non-hydrogen) atoms. The summed E-state index contributed by atoms with van der Waals surface area (Å²) >= 11 is 5.58. The second-order valence-corrected chi connectivity index (χ2v) is 6.40. The Morgan fingerprint density at radius 1 is 1.29 bits per heavy atom. The minimum absolute atomic E-state index is 0.357. The molecular weight excluding hydrogens is 222 g/mol. The van der Waals surface area contributed by atoms with Gasteiger partial charge in [-0.2, -0.15) is 0 Å². The zero-order valence-electron chi connectivity index (χ0n) is 9.16. The minimum Gasteiger partial charge on any atom is -0.212 e. The van der Waals surface area contributed by atoms with Crippen LogP contribution in [0.2, 0.25) is 0 Å². The molecule has 0 saturated heterocycles. The molecule has 0 spiro atoms. The molecule has 86 valence electrons. The number of hydrogen-bond donors (Lipinski definition) is 0. The van der Waals surface area contributed by atoms with Gasteiger partial charge in [-0.1, -0.05) is 13.3 Å². The molecular formula is C9H20ClNO2S. The van der Waals surface area contributed by atoms with Crippen LogP contribution >= 0.6 is 11.6 Å². The van der Waals surface area contributed by atoms with Crippen molar-refractivity contribution in [2.45, 2.75) is 38.9 Å². The second kappa shape index (κ2) is 6.64. The maximum Gasteiger partial charge on any atom is 0.216 e. The second-order valence-electron chi connectivity index (χ2n) is 3.54. The summed E-state index contributed by atoms with van der Waals surface area (Å²) in [5.74, 6) is 0.357. The number of nitrogens with zero attached hydrogens (tertiary/aromatic N) is 1. The predicted octanol–water partition coefficient (Wildman–Crippen LogP) is 2.07. The maximum absolute atomic E-state index is 11.8. The molecule has 0 aliphatic carbocycles. The number of halogens is 1. The Balaban J connectivity index is 4.47. The molecule has 0 heterocycles. The molecule has 0 aromatic carbocycles. The Morgan fingerprint density at radius 3 is 2.21 bits per heavy atom. The van der Waals surface area contributed by atoms with Crippen molar-refractivity contribution < 1.29 is 8.42 Å². The van der Waals surface area contributed by atoms with Crippen LogP contribution in [0.15, 0.2) is 0 Å². The molecule has 0 aliphatic rings. The normalized spacial score (nSPS) is 12.7. The lowest BCUT2D eigenvalue weighted by molar-refractivity contribution is 0.415. The molecule has 0 amide bonds. The molecule has 0 unspecified atom stereocenters. The molecule has 0 aromatic heterocycles. The van der Waals surface area contributed by atoms with E-state index < -0.39 is 10.0 Å². The van der Waals surface area contributed by atoms with Gasteiger partial charge in [0.1, 0.15) is 0 Å². The molecule has 3 nitrogen and oxygen atoms in total. The molecule has 5 heteroatoms. The van der Waals surface area contributed by atoms with Crippen molar-refractivity contribution in [3.8, 4) is 0 Å². The van der Waals surface area contributed by atoms with Gasteiger partial charge in [0.15, 0.2) is 0 Å². The number of unbranched alkanes of at least 4 members (excludes halogenated alkanes) is 1. The molecule has 0 saturated carbocycles. The summed E-state index contributed by atoms with van der Waals surface area (Å²) in [4.78, 5) is 0. The Bertz CT molecular complexity index is 239. The standard InChI is InChI=1S/C9H20ClNO2S/c1-4-5-7-11(8-6-10)14(12,13)9(2)3/h9H,4-8H2,1-3H3. The van der Waals surface area contributed by atoms with Gasteiger partial charge in [-0.3, -0.25) is 0 Å². The van der Waals surface area contributed by atoms with Crippen LogP contribution in [-0.2, 0) is 10.0 Å². The summed E-state index contributed by atoms with van der Waals surface area (Å²) in [6.07, 6.45) is 1.88. The van der Waals surface area contributed by atoms with Crippen LogP contribution in [0.3, 0.4) is 0 Å². The summed E-state index contributed by atoms with van der Waals surface area (Å²) in [5.41, 5.74) is 0. The summed E-state index contributed by atoms with van der Waals surface area (Å²) in [7, 11) is -3.12. The van der Waals surface area contributed by atoms with Crippen LogP contribution in [-0.4, -0.2) is 36.9 Å². The highest BCUT2D eigenvalue weighted by Crippen LogP contribution is 2.10. The van der Waals surface area contributed by atoms with Crippen molar-refractivity contribution in [2.24, 2.45) is 0 Å².